The van der Waals surface area contributed by atoms with E-state index in [2.05, 4.69) is 10.3 Å². The van der Waals surface area contributed by atoms with Crippen LogP contribution < -0.4 is 10.9 Å². The summed E-state index contributed by atoms with van der Waals surface area (Å²) in [6, 6.07) is 13.5. The number of hydrogen-bond donors (Lipinski definition) is 1. The lowest BCUT2D eigenvalue weighted by Gasteiger charge is -2.16. The topological polar surface area (TPSA) is 103 Å². The fourth-order valence-electron chi connectivity index (χ4n) is 3.26. The molecule has 2 aromatic heterocycles. The quantitative estimate of drug-likeness (QED) is 0.241. The zero-order valence-electron chi connectivity index (χ0n) is 18.3. The molecule has 2 heterocycles. The Hall–Kier alpha value is -3.92. The molecule has 4 rings (SSSR count). The van der Waals surface area contributed by atoms with Crippen LogP contribution in [0, 0.1) is 5.82 Å². The van der Waals surface area contributed by atoms with E-state index in [1.54, 1.807) is 25.1 Å². The van der Waals surface area contributed by atoms with Crippen molar-refractivity contribution in [1.29, 1.82) is 0 Å². The Labute approximate surface area is 197 Å². The normalized spacial score (nSPS) is 11.9. The van der Waals surface area contributed by atoms with Gasteiger partial charge in [0.1, 0.15) is 11.6 Å². The van der Waals surface area contributed by atoms with Gasteiger partial charge in [-0.1, -0.05) is 17.8 Å². The first-order chi connectivity index (χ1) is 16.4. The van der Waals surface area contributed by atoms with Crippen LogP contribution in [0.5, 0.6) is 0 Å². The Balaban J connectivity index is 1.71. The molecular formula is C24H20FN3O5S. The number of anilines is 1. The zero-order valence-corrected chi connectivity index (χ0v) is 19.1. The molecule has 1 N–H and O–H groups in total. The molecule has 1 amide bonds. The molecule has 0 spiro atoms. The first kappa shape index (κ1) is 23.2. The van der Waals surface area contributed by atoms with Crippen molar-refractivity contribution in [2.75, 3.05) is 12.4 Å². The molecule has 34 heavy (non-hydrogen) atoms. The Morgan fingerprint density at radius 3 is 2.74 bits per heavy atom. The summed E-state index contributed by atoms with van der Waals surface area (Å²) in [5.74, 6) is -0.880. The lowest BCUT2D eigenvalue weighted by Crippen LogP contribution is -2.27. The highest BCUT2D eigenvalue weighted by molar-refractivity contribution is 8.00. The number of carbonyl (C=O) groups is 2. The lowest BCUT2D eigenvalue weighted by atomic mass is 10.1. The van der Waals surface area contributed by atoms with E-state index in [-0.39, 0.29) is 22.8 Å². The predicted octanol–water partition coefficient (Wildman–Crippen LogP) is 4.08. The van der Waals surface area contributed by atoms with Crippen LogP contribution in [0.2, 0.25) is 0 Å². The van der Waals surface area contributed by atoms with Crippen LogP contribution in [0.4, 0.5) is 10.1 Å². The van der Waals surface area contributed by atoms with E-state index in [1.165, 1.54) is 54.3 Å². The van der Waals surface area contributed by atoms with E-state index in [9.17, 15) is 18.8 Å². The molecule has 4 aromatic rings. The minimum atomic E-state index is -0.681. The van der Waals surface area contributed by atoms with Crippen LogP contribution in [0.25, 0.3) is 10.9 Å². The number of benzene rings is 2. The number of carbonyl (C=O) groups excluding carboxylic acids is 2. The summed E-state index contributed by atoms with van der Waals surface area (Å²) in [5.41, 5.74) is 0.514. The van der Waals surface area contributed by atoms with Crippen LogP contribution in [0.15, 0.2) is 75.2 Å². The van der Waals surface area contributed by atoms with Gasteiger partial charge in [-0.25, -0.2) is 14.2 Å². The standard InChI is InChI=1S/C24H20FN3O5S/c1-14(21(29)26-17-6-3-5-16(25)12-17)34-24-27-20-11-15(23(31)32-2)8-9-19(20)22(30)28(24)13-18-7-4-10-33-18/h3-12,14H,13H2,1-2H3,(H,26,29). The van der Waals surface area contributed by atoms with Gasteiger partial charge in [0, 0.05) is 5.69 Å². The van der Waals surface area contributed by atoms with Crippen LogP contribution in [0.1, 0.15) is 23.0 Å². The number of rotatable bonds is 7. The van der Waals surface area contributed by atoms with E-state index >= 15 is 0 Å². The van der Waals surface area contributed by atoms with E-state index in [4.69, 9.17) is 9.15 Å². The number of methoxy groups -OCH3 is 1. The van der Waals surface area contributed by atoms with Crippen LogP contribution >= 0.6 is 11.8 Å². The summed E-state index contributed by atoms with van der Waals surface area (Å²) in [4.78, 5) is 42.6. The molecule has 0 radical (unpaired) electrons. The number of aromatic nitrogens is 2. The van der Waals surface area contributed by atoms with Gasteiger partial charge in [0.2, 0.25) is 5.91 Å². The van der Waals surface area contributed by atoms with Crippen molar-refractivity contribution in [3.05, 3.63) is 88.4 Å². The monoisotopic (exact) mass is 481 g/mol. The molecule has 8 nitrogen and oxygen atoms in total. The van der Waals surface area contributed by atoms with Gasteiger partial charge in [0.15, 0.2) is 5.16 Å². The average Bonchev–Trinajstić information content (AvgIpc) is 3.34. The number of fused-ring (bicyclic) bond motifs is 1. The van der Waals surface area contributed by atoms with Crippen molar-refractivity contribution in [2.24, 2.45) is 0 Å². The summed E-state index contributed by atoms with van der Waals surface area (Å²) >= 11 is 1.06. The van der Waals surface area contributed by atoms with Gasteiger partial charge >= 0.3 is 5.97 Å². The van der Waals surface area contributed by atoms with Crippen molar-refractivity contribution in [2.45, 2.75) is 23.9 Å². The Morgan fingerprint density at radius 2 is 2.03 bits per heavy atom. The summed E-state index contributed by atoms with van der Waals surface area (Å²) in [6.45, 7) is 1.76. The number of furan rings is 1. The van der Waals surface area contributed by atoms with Gasteiger partial charge < -0.3 is 14.5 Å². The van der Waals surface area contributed by atoms with Crippen LogP contribution in [-0.2, 0) is 16.1 Å². The zero-order chi connectivity index (χ0) is 24.2. The summed E-state index contributed by atoms with van der Waals surface area (Å²) in [5, 5.41) is 2.54. The lowest BCUT2D eigenvalue weighted by molar-refractivity contribution is -0.115. The van der Waals surface area contributed by atoms with Crippen molar-refractivity contribution in [3.63, 3.8) is 0 Å². The molecule has 10 heteroatoms. The number of ether oxygens (including phenoxy) is 1. The number of thioether (sulfide) groups is 1. The van der Waals surface area contributed by atoms with E-state index < -0.39 is 22.9 Å². The third-order valence-corrected chi connectivity index (χ3v) is 6.07. The maximum atomic E-state index is 13.5. The predicted molar refractivity (Wildman–Crippen MR) is 126 cm³/mol. The van der Waals surface area contributed by atoms with E-state index in [0.717, 1.165) is 11.8 Å². The second-order valence-electron chi connectivity index (χ2n) is 7.35. The molecule has 0 aliphatic rings. The van der Waals surface area contributed by atoms with Crippen LogP contribution in [0.3, 0.4) is 0 Å². The molecule has 2 aromatic carbocycles. The van der Waals surface area contributed by atoms with Gasteiger partial charge in [-0.2, -0.15) is 0 Å². The molecule has 0 fully saturated rings. The maximum Gasteiger partial charge on any atom is 0.337 e. The van der Waals surface area contributed by atoms with E-state index in [0.29, 0.717) is 22.4 Å². The molecular weight excluding hydrogens is 461 g/mol. The number of esters is 1. The maximum absolute atomic E-state index is 13.5. The first-order valence-electron chi connectivity index (χ1n) is 10.2. The van der Waals surface area contributed by atoms with Crippen molar-refractivity contribution in [1.82, 2.24) is 9.55 Å². The fourth-order valence-corrected chi connectivity index (χ4v) is 4.16. The van der Waals surface area contributed by atoms with Gasteiger partial charge in [0.25, 0.3) is 5.56 Å². The van der Waals surface area contributed by atoms with Crippen molar-refractivity contribution < 1.29 is 23.1 Å². The van der Waals surface area contributed by atoms with Crippen molar-refractivity contribution in [3.8, 4) is 0 Å². The Morgan fingerprint density at radius 1 is 1.21 bits per heavy atom. The van der Waals surface area contributed by atoms with Gasteiger partial charge in [-0.3, -0.25) is 14.2 Å². The van der Waals surface area contributed by atoms with Gasteiger partial charge in [-0.05, 0) is 55.5 Å². The average molecular weight is 482 g/mol. The fraction of sp³-hybridized carbons (Fsp3) is 0.167. The highest BCUT2D eigenvalue weighted by atomic mass is 32.2. The van der Waals surface area contributed by atoms with Gasteiger partial charge in [0.05, 0.1) is 41.6 Å². The molecule has 0 aliphatic heterocycles. The molecule has 174 valence electrons. The third-order valence-electron chi connectivity index (χ3n) is 4.98. The minimum Gasteiger partial charge on any atom is -0.467 e. The Bertz CT molecular complexity index is 1420. The highest BCUT2D eigenvalue weighted by Crippen LogP contribution is 2.25. The molecule has 1 atom stereocenters. The van der Waals surface area contributed by atoms with E-state index in [1.807, 2.05) is 0 Å². The van der Waals surface area contributed by atoms with Crippen molar-refractivity contribution >= 4 is 40.2 Å². The SMILES string of the molecule is COC(=O)c1ccc2c(=O)n(Cc3ccco3)c(SC(C)C(=O)Nc3cccc(F)c3)nc2c1. The summed E-state index contributed by atoms with van der Waals surface area (Å²) in [6.07, 6.45) is 1.50. The summed E-state index contributed by atoms with van der Waals surface area (Å²) in [7, 11) is 1.27. The smallest absolute Gasteiger partial charge is 0.337 e. The number of halogens is 1. The minimum absolute atomic E-state index is 0.105. The second kappa shape index (κ2) is 9.92. The summed E-state index contributed by atoms with van der Waals surface area (Å²) < 4.78 is 25.0. The molecule has 0 aliphatic carbocycles. The number of hydrogen-bond acceptors (Lipinski definition) is 7. The van der Waals surface area contributed by atoms with Crippen LogP contribution in [-0.4, -0.2) is 33.8 Å². The number of nitrogens with zero attached hydrogens (tertiary/aromatic N) is 2. The molecule has 1 unspecified atom stereocenters. The largest absolute Gasteiger partial charge is 0.467 e. The van der Waals surface area contributed by atoms with Gasteiger partial charge in [-0.15, -0.1) is 0 Å². The highest BCUT2D eigenvalue weighted by Gasteiger charge is 2.21. The third kappa shape index (κ3) is 5.01. The number of amides is 1. The first-order valence-corrected chi connectivity index (χ1v) is 11.1. The molecule has 0 saturated heterocycles. The second-order valence-corrected chi connectivity index (χ2v) is 8.66. The number of nitrogens with one attached hydrogen (secondary N) is 1. The molecule has 0 saturated carbocycles. The molecule has 0 bridgehead atoms. The Kier molecular flexibility index (Phi) is 6.78.